The van der Waals surface area contributed by atoms with Crippen LogP contribution in [0.25, 0.3) is 11.0 Å². The number of aliphatic hydroxyl groups is 1. The molecule has 0 saturated heterocycles. The van der Waals surface area contributed by atoms with Gasteiger partial charge in [-0.05, 0) is 35.7 Å². The lowest BCUT2D eigenvalue weighted by Gasteiger charge is -2.16. The van der Waals surface area contributed by atoms with Crippen LogP contribution in [-0.4, -0.2) is 21.3 Å². The maximum Gasteiger partial charge on any atom is 0.143 e. The lowest BCUT2D eigenvalue weighted by molar-refractivity contribution is 0.201. The predicted molar refractivity (Wildman–Crippen MR) is 116 cm³/mol. The molecule has 4 rings (SSSR count). The molecule has 3 aromatic carbocycles. The van der Waals surface area contributed by atoms with Crippen LogP contribution < -0.4 is 4.74 Å². The summed E-state index contributed by atoms with van der Waals surface area (Å²) in [5, 5.41) is 11.0. The number of ether oxygens (including phenoxy) is 1. The van der Waals surface area contributed by atoms with Crippen LogP contribution in [0.15, 0.2) is 91.5 Å². The van der Waals surface area contributed by atoms with Gasteiger partial charge in [-0.2, -0.15) is 0 Å². The monoisotopic (exact) mass is 384 g/mol. The Morgan fingerprint density at radius 2 is 1.69 bits per heavy atom. The topological polar surface area (TPSA) is 47.3 Å². The van der Waals surface area contributed by atoms with Crippen LogP contribution in [0.5, 0.6) is 5.75 Å². The first kappa shape index (κ1) is 19.0. The van der Waals surface area contributed by atoms with E-state index in [9.17, 15) is 5.11 Å². The van der Waals surface area contributed by atoms with Crippen molar-refractivity contribution in [3.05, 3.63) is 108 Å². The van der Waals surface area contributed by atoms with Gasteiger partial charge < -0.3 is 14.4 Å². The molecule has 1 atom stereocenters. The van der Waals surface area contributed by atoms with Crippen molar-refractivity contribution in [1.82, 2.24) is 9.55 Å². The minimum absolute atomic E-state index is 0.475. The van der Waals surface area contributed by atoms with Crippen LogP contribution in [0.3, 0.4) is 0 Å². The highest BCUT2D eigenvalue weighted by atomic mass is 16.5. The summed E-state index contributed by atoms with van der Waals surface area (Å²) in [6, 6.07) is 25.5. The number of para-hydroxylation sites is 3. The van der Waals surface area contributed by atoms with Gasteiger partial charge in [0.2, 0.25) is 0 Å². The molecular formula is C25H24N2O2. The van der Waals surface area contributed by atoms with Crippen molar-refractivity contribution in [2.75, 3.05) is 6.61 Å². The third kappa shape index (κ3) is 4.08. The lowest BCUT2D eigenvalue weighted by Crippen LogP contribution is -2.15. The largest absolute Gasteiger partial charge is 0.491 e. The molecule has 1 unspecified atom stereocenters. The maximum atomic E-state index is 11.0. The van der Waals surface area contributed by atoms with E-state index in [1.807, 2.05) is 89.5 Å². The van der Waals surface area contributed by atoms with Gasteiger partial charge in [-0.3, -0.25) is 0 Å². The number of allylic oxidation sites excluding steroid dienone is 1. The summed E-state index contributed by atoms with van der Waals surface area (Å²) in [7, 11) is 0. The van der Waals surface area contributed by atoms with E-state index in [-0.39, 0.29) is 0 Å². The van der Waals surface area contributed by atoms with E-state index < -0.39 is 6.10 Å². The summed E-state index contributed by atoms with van der Waals surface area (Å²) in [5.41, 5.74) is 3.79. The summed E-state index contributed by atoms with van der Waals surface area (Å²) in [5.74, 6) is 1.49. The summed E-state index contributed by atoms with van der Waals surface area (Å²) < 4.78 is 8.12. The Kier molecular flexibility index (Phi) is 5.73. The van der Waals surface area contributed by atoms with E-state index in [4.69, 9.17) is 9.72 Å². The normalized spacial score (nSPS) is 12.0. The highest BCUT2D eigenvalue weighted by Crippen LogP contribution is 2.26. The van der Waals surface area contributed by atoms with Crippen molar-refractivity contribution in [2.24, 2.45) is 0 Å². The van der Waals surface area contributed by atoms with Crippen LogP contribution in [0.1, 0.15) is 23.1 Å². The molecule has 0 radical (unpaired) electrons. The van der Waals surface area contributed by atoms with Crippen molar-refractivity contribution in [3.63, 3.8) is 0 Å². The van der Waals surface area contributed by atoms with Crippen LogP contribution in [0, 0.1) is 0 Å². The molecule has 0 bridgehead atoms. The Labute approximate surface area is 170 Å². The predicted octanol–water partition coefficient (Wildman–Crippen LogP) is 4.93. The molecule has 4 aromatic rings. The number of fused-ring (bicyclic) bond motifs is 1. The highest BCUT2D eigenvalue weighted by Gasteiger charge is 2.19. The molecule has 0 spiro atoms. The molecule has 1 aromatic heterocycles. The zero-order valence-electron chi connectivity index (χ0n) is 16.2. The van der Waals surface area contributed by atoms with Crippen molar-refractivity contribution in [1.29, 1.82) is 0 Å². The van der Waals surface area contributed by atoms with E-state index in [0.29, 0.717) is 19.0 Å². The second-order valence-corrected chi connectivity index (χ2v) is 6.87. The first-order chi connectivity index (χ1) is 14.3. The Bertz CT molecular complexity index is 1100. The van der Waals surface area contributed by atoms with E-state index >= 15 is 0 Å². The number of rotatable bonds is 8. The molecule has 0 fully saturated rings. The van der Waals surface area contributed by atoms with E-state index in [1.54, 1.807) is 0 Å². The van der Waals surface area contributed by atoms with Gasteiger partial charge in [0.05, 0.1) is 17.6 Å². The molecule has 0 amide bonds. The molecule has 1 N–H and O–H groups in total. The number of hydrogen-bond acceptors (Lipinski definition) is 3. The minimum Gasteiger partial charge on any atom is -0.491 e. The summed E-state index contributed by atoms with van der Waals surface area (Å²) >= 11 is 0. The second-order valence-electron chi connectivity index (χ2n) is 6.87. The van der Waals surface area contributed by atoms with E-state index in [1.165, 1.54) is 0 Å². The number of imidazole rings is 1. The lowest BCUT2D eigenvalue weighted by atomic mass is 10.1. The van der Waals surface area contributed by atoms with Gasteiger partial charge in [-0.15, -0.1) is 6.58 Å². The molecule has 0 aliphatic heterocycles. The Morgan fingerprint density at radius 1 is 0.966 bits per heavy atom. The average Bonchev–Trinajstić information content (AvgIpc) is 3.14. The number of aromatic nitrogens is 2. The summed E-state index contributed by atoms with van der Waals surface area (Å²) in [6.07, 6.45) is 1.85. The standard InChI is InChI=1S/C25H24N2O2/c1-2-10-19-11-6-9-16-23(19)29-18-17-27-22-15-8-7-14-21(22)26-25(27)24(28)20-12-4-3-5-13-20/h2-9,11-16,24,28H,1,10,17-18H2. The van der Waals surface area contributed by atoms with Crippen LogP contribution >= 0.6 is 0 Å². The van der Waals surface area contributed by atoms with Crippen molar-refractivity contribution < 1.29 is 9.84 Å². The zero-order valence-corrected chi connectivity index (χ0v) is 16.2. The number of nitrogens with zero attached hydrogens (tertiary/aromatic N) is 2. The minimum atomic E-state index is -0.795. The number of aliphatic hydroxyl groups excluding tert-OH is 1. The average molecular weight is 384 g/mol. The van der Waals surface area contributed by atoms with Gasteiger partial charge in [-0.25, -0.2) is 4.98 Å². The van der Waals surface area contributed by atoms with Crippen molar-refractivity contribution in [3.8, 4) is 5.75 Å². The molecule has 4 heteroatoms. The molecular weight excluding hydrogens is 360 g/mol. The molecule has 146 valence electrons. The van der Waals surface area contributed by atoms with Crippen molar-refractivity contribution in [2.45, 2.75) is 19.1 Å². The first-order valence-electron chi connectivity index (χ1n) is 9.77. The van der Waals surface area contributed by atoms with E-state index in [0.717, 1.165) is 34.3 Å². The number of hydrogen-bond donors (Lipinski definition) is 1. The maximum absolute atomic E-state index is 11.0. The third-order valence-corrected chi connectivity index (χ3v) is 4.95. The zero-order chi connectivity index (χ0) is 20.1. The highest BCUT2D eigenvalue weighted by molar-refractivity contribution is 5.76. The SMILES string of the molecule is C=CCc1ccccc1OCCn1c(C(O)c2ccccc2)nc2ccccc21. The van der Waals surface area contributed by atoms with Gasteiger partial charge in [0.25, 0.3) is 0 Å². The van der Waals surface area contributed by atoms with Crippen molar-refractivity contribution >= 4 is 11.0 Å². The molecule has 0 aliphatic carbocycles. The van der Waals surface area contributed by atoms with Gasteiger partial charge in [0, 0.05) is 0 Å². The Balaban J connectivity index is 1.61. The Morgan fingerprint density at radius 3 is 2.52 bits per heavy atom. The van der Waals surface area contributed by atoms with Gasteiger partial charge in [-0.1, -0.05) is 66.7 Å². The van der Waals surface area contributed by atoms with Gasteiger partial charge in [0.1, 0.15) is 24.3 Å². The fourth-order valence-electron chi connectivity index (χ4n) is 3.54. The fourth-order valence-corrected chi connectivity index (χ4v) is 3.54. The Hall–Kier alpha value is -3.37. The fraction of sp³-hybridized carbons (Fsp3) is 0.160. The molecule has 29 heavy (non-hydrogen) atoms. The molecule has 4 nitrogen and oxygen atoms in total. The molecule has 0 aliphatic rings. The molecule has 1 heterocycles. The summed E-state index contributed by atoms with van der Waals surface area (Å²) in [4.78, 5) is 4.71. The summed E-state index contributed by atoms with van der Waals surface area (Å²) in [6.45, 7) is 4.88. The smallest absolute Gasteiger partial charge is 0.143 e. The van der Waals surface area contributed by atoms with Gasteiger partial charge in [0.15, 0.2) is 0 Å². The quantitative estimate of drug-likeness (QED) is 0.438. The first-order valence-corrected chi connectivity index (χ1v) is 9.77. The second kappa shape index (κ2) is 8.76. The van der Waals surface area contributed by atoms with Gasteiger partial charge >= 0.3 is 0 Å². The third-order valence-electron chi connectivity index (χ3n) is 4.95. The van der Waals surface area contributed by atoms with Crippen LogP contribution in [0.2, 0.25) is 0 Å². The molecule has 0 saturated carbocycles. The van der Waals surface area contributed by atoms with Crippen LogP contribution in [0.4, 0.5) is 0 Å². The number of benzene rings is 3. The van der Waals surface area contributed by atoms with E-state index in [2.05, 4.69) is 6.58 Å². The van der Waals surface area contributed by atoms with Crippen LogP contribution in [-0.2, 0) is 13.0 Å².